The van der Waals surface area contributed by atoms with Crippen LogP contribution in [0.4, 0.5) is 23.3 Å². The van der Waals surface area contributed by atoms with Crippen LogP contribution in [0.1, 0.15) is 11.1 Å². The summed E-state index contributed by atoms with van der Waals surface area (Å²) in [6.07, 6.45) is 1.50. The number of nitriles is 1. The summed E-state index contributed by atoms with van der Waals surface area (Å²) in [7, 11) is 0. The predicted molar refractivity (Wildman–Crippen MR) is 124 cm³/mol. The fourth-order valence-corrected chi connectivity index (χ4v) is 3.89. The molecule has 4 rings (SSSR count). The van der Waals surface area contributed by atoms with Crippen molar-refractivity contribution in [3.05, 3.63) is 41.7 Å². The highest BCUT2D eigenvalue weighted by molar-refractivity contribution is 7.20. The molecule has 0 saturated heterocycles. The summed E-state index contributed by atoms with van der Waals surface area (Å²) in [5.41, 5.74) is 2.00. The van der Waals surface area contributed by atoms with Gasteiger partial charge in [-0.05, 0) is 19.1 Å². The van der Waals surface area contributed by atoms with Crippen LogP contribution in [0.5, 0.6) is 0 Å². The van der Waals surface area contributed by atoms with Crippen LogP contribution in [0, 0.1) is 18.3 Å². The highest BCUT2D eigenvalue weighted by Crippen LogP contribution is 2.34. The number of rotatable bonds is 9. The van der Waals surface area contributed by atoms with Crippen LogP contribution in [0.25, 0.3) is 15.3 Å². The Hall–Kier alpha value is -3.99. The highest BCUT2D eigenvalue weighted by atomic mass is 32.1. The Balaban J connectivity index is 1.66. The van der Waals surface area contributed by atoms with E-state index in [1.807, 2.05) is 24.3 Å². The number of pyridine rings is 1. The maximum atomic E-state index is 9.61. The largest absolute Gasteiger partial charge is 0.395 e. The van der Waals surface area contributed by atoms with Gasteiger partial charge in [0.2, 0.25) is 5.13 Å². The molecule has 4 N–H and O–H groups in total. The average Bonchev–Trinajstić information content (AvgIpc) is 3.47. The molecule has 0 atom stereocenters. The van der Waals surface area contributed by atoms with Crippen LogP contribution < -0.4 is 10.6 Å². The summed E-state index contributed by atoms with van der Waals surface area (Å²) in [6.45, 7) is 1.94. The third kappa shape index (κ3) is 4.77. The molecular formula is C20H20N10O2S. The molecule has 12 nitrogen and oxygen atoms in total. The van der Waals surface area contributed by atoms with Gasteiger partial charge in [-0.15, -0.1) is 15.3 Å². The summed E-state index contributed by atoms with van der Waals surface area (Å²) in [6, 6.07) is 9.88. The molecule has 0 unspecified atom stereocenters. The van der Waals surface area contributed by atoms with Crippen molar-refractivity contribution in [3.63, 3.8) is 0 Å². The number of hydrogen-bond donors (Lipinski definition) is 4. The number of azo groups is 1. The molecule has 0 bridgehead atoms. The molecule has 0 saturated carbocycles. The van der Waals surface area contributed by atoms with Gasteiger partial charge in [0.15, 0.2) is 5.82 Å². The smallest absolute Gasteiger partial charge is 0.287 e. The van der Waals surface area contributed by atoms with Gasteiger partial charge in [-0.3, -0.25) is 0 Å². The first kappa shape index (κ1) is 22.2. The van der Waals surface area contributed by atoms with Crippen molar-refractivity contribution in [3.8, 4) is 11.2 Å². The van der Waals surface area contributed by atoms with E-state index in [0.717, 1.165) is 10.2 Å². The van der Waals surface area contributed by atoms with E-state index in [4.69, 9.17) is 5.11 Å². The first-order chi connectivity index (χ1) is 16.1. The number of hydrogen-bond acceptors (Lipinski definition) is 12. The molecule has 1 aromatic carbocycles. The summed E-state index contributed by atoms with van der Waals surface area (Å²) in [5, 5.41) is 47.1. The molecule has 0 aliphatic carbocycles. The van der Waals surface area contributed by atoms with Crippen LogP contribution in [0.15, 0.2) is 40.8 Å². The van der Waals surface area contributed by atoms with E-state index in [-0.39, 0.29) is 37.8 Å². The zero-order valence-corrected chi connectivity index (χ0v) is 18.4. The van der Waals surface area contributed by atoms with Crippen molar-refractivity contribution in [2.24, 2.45) is 10.2 Å². The van der Waals surface area contributed by atoms with E-state index in [1.54, 1.807) is 6.92 Å². The van der Waals surface area contributed by atoms with Gasteiger partial charge in [0.05, 0.1) is 29.0 Å². The minimum atomic E-state index is -0.120. The zero-order valence-electron chi connectivity index (χ0n) is 17.6. The van der Waals surface area contributed by atoms with Crippen LogP contribution >= 0.6 is 11.3 Å². The summed E-state index contributed by atoms with van der Waals surface area (Å²) in [4.78, 5) is 13.1. The SMILES string of the molecule is Cc1c(C#N)c(NCCO)nc(NCCO)c1N=Nc1ncn(-c2nc3ccccc3s2)n1. The van der Waals surface area contributed by atoms with Gasteiger partial charge in [-0.25, -0.2) is 9.97 Å². The van der Waals surface area contributed by atoms with Crippen molar-refractivity contribution >= 4 is 44.8 Å². The number of anilines is 2. The van der Waals surface area contributed by atoms with Crippen molar-refractivity contribution in [1.29, 1.82) is 5.26 Å². The lowest BCUT2D eigenvalue weighted by Gasteiger charge is -2.14. The molecular weight excluding hydrogens is 444 g/mol. The van der Waals surface area contributed by atoms with Gasteiger partial charge in [0, 0.05) is 18.7 Å². The minimum absolute atomic E-state index is 0.114. The zero-order chi connectivity index (χ0) is 23.2. The molecule has 0 spiro atoms. The molecule has 13 heteroatoms. The fraction of sp³-hybridized carbons (Fsp3) is 0.250. The quantitative estimate of drug-likeness (QED) is 0.272. The summed E-state index contributed by atoms with van der Waals surface area (Å²) in [5.74, 6) is 0.750. The molecule has 0 amide bonds. The second-order valence-corrected chi connectivity index (χ2v) is 7.73. The maximum absolute atomic E-state index is 9.61. The van der Waals surface area contributed by atoms with Crippen molar-refractivity contribution in [2.45, 2.75) is 6.92 Å². The summed E-state index contributed by atoms with van der Waals surface area (Å²) >= 11 is 1.48. The van der Waals surface area contributed by atoms with Gasteiger partial charge in [-0.1, -0.05) is 23.5 Å². The Morgan fingerprint density at radius 1 is 1.09 bits per heavy atom. The Labute approximate surface area is 192 Å². The van der Waals surface area contributed by atoms with Crippen molar-refractivity contribution in [1.82, 2.24) is 24.7 Å². The lowest BCUT2D eigenvalue weighted by atomic mass is 10.1. The second kappa shape index (κ2) is 10.1. The highest BCUT2D eigenvalue weighted by Gasteiger charge is 2.17. The number of aliphatic hydroxyl groups is 2. The molecule has 3 heterocycles. The Morgan fingerprint density at radius 3 is 2.58 bits per heavy atom. The van der Waals surface area contributed by atoms with E-state index in [0.29, 0.717) is 28.0 Å². The monoisotopic (exact) mass is 464 g/mol. The van der Waals surface area contributed by atoms with Gasteiger partial charge in [0.1, 0.15) is 23.9 Å². The molecule has 33 heavy (non-hydrogen) atoms. The number of thiazole rings is 1. The Kier molecular flexibility index (Phi) is 6.79. The number of fused-ring (bicyclic) bond motifs is 1. The summed E-state index contributed by atoms with van der Waals surface area (Å²) < 4.78 is 2.56. The van der Waals surface area contributed by atoms with Crippen molar-refractivity contribution < 1.29 is 10.2 Å². The van der Waals surface area contributed by atoms with E-state index < -0.39 is 0 Å². The van der Waals surface area contributed by atoms with Gasteiger partial charge >= 0.3 is 0 Å². The number of nitrogens with zero attached hydrogens (tertiary/aromatic N) is 8. The fourth-order valence-electron chi connectivity index (χ4n) is 3.00. The number of benzene rings is 1. The van der Waals surface area contributed by atoms with Crippen LogP contribution in [0.2, 0.25) is 0 Å². The standard InChI is InChI=1S/C20H20N10O2S/c1-12-13(10-21)17(22-6-8-31)26-18(23-7-9-32)16(12)27-28-19-24-11-30(29-19)20-25-14-4-2-3-5-15(14)33-20/h2-5,11,31-32H,6-9H2,1H3,(H2,22,23,26). The van der Waals surface area contributed by atoms with Gasteiger partial charge in [0.25, 0.3) is 5.95 Å². The minimum Gasteiger partial charge on any atom is -0.395 e. The topological polar surface area (TPSA) is 170 Å². The molecule has 0 aliphatic rings. The van der Waals surface area contributed by atoms with Crippen LogP contribution in [-0.2, 0) is 0 Å². The lowest BCUT2D eigenvalue weighted by molar-refractivity contribution is 0.311. The van der Waals surface area contributed by atoms with E-state index in [1.165, 1.54) is 22.3 Å². The van der Waals surface area contributed by atoms with Crippen LogP contribution in [-0.4, -0.2) is 61.2 Å². The van der Waals surface area contributed by atoms with Crippen molar-refractivity contribution in [2.75, 3.05) is 36.9 Å². The van der Waals surface area contributed by atoms with Gasteiger partial charge in [-0.2, -0.15) is 14.9 Å². The third-order valence-corrected chi connectivity index (χ3v) is 5.56. The first-order valence-corrected chi connectivity index (χ1v) is 10.8. The Bertz CT molecular complexity index is 1310. The average molecular weight is 465 g/mol. The normalized spacial score (nSPS) is 11.2. The Morgan fingerprint density at radius 2 is 1.85 bits per heavy atom. The van der Waals surface area contributed by atoms with Gasteiger partial charge < -0.3 is 20.8 Å². The molecule has 168 valence electrons. The number of nitrogens with one attached hydrogen (secondary N) is 2. The predicted octanol–water partition coefficient (Wildman–Crippen LogP) is 2.68. The molecule has 3 aromatic heterocycles. The number of para-hydroxylation sites is 1. The van der Waals surface area contributed by atoms with E-state index in [9.17, 15) is 10.4 Å². The third-order valence-electron chi connectivity index (χ3n) is 4.53. The lowest BCUT2D eigenvalue weighted by Crippen LogP contribution is -2.13. The molecule has 0 radical (unpaired) electrons. The molecule has 0 fully saturated rings. The number of aliphatic hydroxyl groups excluding tert-OH is 2. The van der Waals surface area contributed by atoms with E-state index >= 15 is 0 Å². The molecule has 0 aliphatic heterocycles. The van der Waals surface area contributed by atoms with E-state index in [2.05, 4.69) is 47.0 Å². The first-order valence-electron chi connectivity index (χ1n) is 9.98. The second-order valence-electron chi connectivity index (χ2n) is 6.72. The number of aromatic nitrogens is 5. The maximum Gasteiger partial charge on any atom is 0.287 e. The van der Waals surface area contributed by atoms with Crippen LogP contribution in [0.3, 0.4) is 0 Å². The molecule has 4 aromatic rings.